The molecule has 0 bridgehead atoms. The first-order chi connectivity index (χ1) is 14.7. The van der Waals surface area contributed by atoms with Gasteiger partial charge in [0, 0.05) is 22.7 Å². The molecule has 3 aromatic carbocycles. The Labute approximate surface area is 178 Å². The standard InChI is InChI=1S/C13H10O.C7H8.C3HN5S/c14-13(11-7-3-1-4-8-11)12-9-5-2-6-10-12;1-7-5-3-2-4-6-7;1-2-3(6-7-5-2)9-8-4-1/h1-10H;2-6H,1H3;1H. The fourth-order valence-electron chi connectivity index (χ4n) is 2.37. The van der Waals surface area contributed by atoms with E-state index in [9.17, 15) is 4.79 Å². The Morgan fingerprint density at radius 2 is 1.27 bits per heavy atom. The van der Waals surface area contributed by atoms with Crippen molar-refractivity contribution in [3.8, 4) is 10.7 Å². The lowest BCUT2D eigenvalue weighted by atomic mass is 10.0. The van der Waals surface area contributed by atoms with Gasteiger partial charge in [-0.2, -0.15) is 0 Å². The molecule has 3 aromatic rings. The molecule has 0 spiro atoms. The summed E-state index contributed by atoms with van der Waals surface area (Å²) in [7, 11) is 0. The van der Waals surface area contributed by atoms with Crippen LogP contribution in [0.25, 0.3) is 10.7 Å². The van der Waals surface area contributed by atoms with E-state index in [0.29, 0.717) is 5.69 Å². The van der Waals surface area contributed by atoms with Crippen molar-refractivity contribution in [1.82, 2.24) is 25.0 Å². The van der Waals surface area contributed by atoms with Crippen LogP contribution in [0, 0.1) is 6.92 Å². The van der Waals surface area contributed by atoms with E-state index in [4.69, 9.17) is 0 Å². The van der Waals surface area contributed by atoms with Crippen LogP contribution in [0.5, 0.6) is 0 Å². The Balaban J connectivity index is 0.000000137. The average Bonchev–Trinajstić information content (AvgIpc) is 3.30. The highest BCUT2D eigenvalue weighted by atomic mass is 32.1. The second-order valence-electron chi connectivity index (χ2n) is 6.11. The summed E-state index contributed by atoms with van der Waals surface area (Å²) in [6.07, 6.45) is 1.53. The van der Waals surface area contributed by atoms with Gasteiger partial charge in [-0.15, -0.1) is 15.3 Å². The number of hydrogen-bond donors (Lipinski definition) is 0. The van der Waals surface area contributed by atoms with Crippen LogP contribution < -0.4 is 0 Å². The first-order valence-electron chi connectivity index (χ1n) is 9.17. The van der Waals surface area contributed by atoms with E-state index >= 15 is 0 Å². The molecule has 6 nitrogen and oxygen atoms in total. The second-order valence-corrected chi connectivity index (χ2v) is 6.85. The van der Waals surface area contributed by atoms with Crippen LogP contribution in [-0.2, 0) is 0 Å². The summed E-state index contributed by atoms with van der Waals surface area (Å²) < 4.78 is 3.63. The van der Waals surface area contributed by atoms with Gasteiger partial charge >= 0.3 is 0 Å². The molecule has 0 aliphatic carbocycles. The summed E-state index contributed by atoms with van der Waals surface area (Å²) in [6.45, 7) is 2.08. The number of ketones is 1. The molecular weight excluding hydrogens is 394 g/mol. The SMILES string of the molecule is Cc1ccccc1.O=C(c1ccccc1)c1ccccc1.c1nnsc2nnnc1-2. The quantitative estimate of drug-likeness (QED) is 0.389. The smallest absolute Gasteiger partial charge is 0.193 e. The Morgan fingerprint density at radius 3 is 1.73 bits per heavy atom. The van der Waals surface area contributed by atoms with Gasteiger partial charge in [0.1, 0.15) is 5.69 Å². The van der Waals surface area contributed by atoms with Gasteiger partial charge in [-0.3, -0.25) is 4.79 Å². The van der Waals surface area contributed by atoms with Crippen molar-refractivity contribution >= 4 is 17.3 Å². The van der Waals surface area contributed by atoms with Crippen LogP contribution in [0.15, 0.2) is 97.2 Å². The fraction of sp³-hybridized carbons (Fsp3) is 0.0435. The summed E-state index contributed by atoms with van der Waals surface area (Å²) in [5.41, 5.74) is 3.50. The molecule has 0 saturated carbocycles. The molecule has 0 saturated heterocycles. The van der Waals surface area contributed by atoms with Gasteiger partial charge in [-0.25, -0.2) is 0 Å². The molecule has 30 heavy (non-hydrogen) atoms. The Morgan fingerprint density at radius 1 is 0.733 bits per heavy atom. The molecule has 0 atom stereocenters. The highest BCUT2D eigenvalue weighted by Crippen LogP contribution is 2.14. The van der Waals surface area contributed by atoms with Crippen molar-refractivity contribution < 1.29 is 4.79 Å². The molecule has 148 valence electrons. The molecule has 0 amide bonds. The average molecular weight is 414 g/mol. The third-order valence-electron chi connectivity index (χ3n) is 3.87. The van der Waals surface area contributed by atoms with Gasteiger partial charge in [0.05, 0.1) is 6.20 Å². The molecule has 0 unspecified atom stereocenters. The van der Waals surface area contributed by atoms with E-state index in [1.807, 2.05) is 78.9 Å². The molecule has 5 rings (SSSR count). The van der Waals surface area contributed by atoms with E-state index in [-0.39, 0.29) is 5.78 Å². The summed E-state index contributed by atoms with van der Waals surface area (Å²) in [4.78, 5) is 11.8. The molecule has 0 aromatic heterocycles. The van der Waals surface area contributed by atoms with Crippen molar-refractivity contribution in [3.05, 3.63) is 114 Å². The molecular formula is C23H19N5OS. The van der Waals surface area contributed by atoms with Crippen molar-refractivity contribution in [3.63, 3.8) is 0 Å². The molecule has 0 radical (unpaired) electrons. The van der Waals surface area contributed by atoms with Crippen LogP contribution in [0.3, 0.4) is 0 Å². The predicted octanol–water partition coefficient (Wildman–Crippen LogP) is 4.74. The van der Waals surface area contributed by atoms with Crippen LogP contribution in [0.1, 0.15) is 21.5 Å². The van der Waals surface area contributed by atoms with Gasteiger partial charge in [0.2, 0.25) is 0 Å². The number of benzene rings is 3. The number of aryl methyl sites for hydroxylation is 1. The highest BCUT2D eigenvalue weighted by molar-refractivity contribution is 7.08. The zero-order chi connectivity index (χ0) is 21.0. The van der Waals surface area contributed by atoms with E-state index < -0.39 is 0 Å². The lowest BCUT2D eigenvalue weighted by molar-refractivity contribution is 0.103. The third-order valence-corrected chi connectivity index (χ3v) is 4.51. The molecule has 2 aliphatic rings. The van der Waals surface area contributed by atoms with E-state index in [1.54, 1.807) is 0 Å². The van der Waals surface area contributed by atoms with Gasteiger partial charge < -0.3 is 0 Å². The van der Waals surface area contributed by atoms with Gasteiger partial charge in [0.15, 0.2) is 10.8 Å². The molecule has 2 heterocycles. The van der Waals surface area contributed by atoms with Crippen LogP contribution >= 0.6 is 11.5 Å². The maximum absolute atomic E-state index is 11.8. The van der Waals surface area contributed by atoms with Crippen molar-refractivity contribution in [2.45, 2.75) is 6.92 Å². The molecule has 0 N–H and O–H groups in total. The minimum atomic E-state index is 0.0752. The first kappa shape index (κ1) is 20.9. The highest BCUT2D eigenvalue weighted by Gasteiger charge is 2.06. The number of carbonyl (C=O) groups is 1. The number of carbonyl (C=O) groups excluding carboxylic acids is 1. The Kier molecular flexibility index (Phi) is 7.82. The van der Waals surface area contributed by atoms with E-state index in [2.05, 4.69) is 44.1 Å². The number of nitrogens with zero attached hydrogens (tertiary/aromatic N) is 5. The van der Waals surface area contributed by atoms with Crippen LogP contribution in [-0.4, -0.2) is 30.8 Å². The van der Waals surface area contributed by atoms with E-state index in [1.165, 1.54) is 23.3 Å². The number of hydrogen-bond acceptors (Lipinski definition) is 7. The summed E-state index contributed by atoms with van der Waals surface area (Å²) in [5, 5.41) is 15.1. The van der Waals surface area contributed by atoms with Gasteiger partial charge in [0.25, 0.3) is 0 Å². The fourth-order valence-corrected chi connectivity index (χ4v) is 2.80. The normalized spacial score (nSPS) is 9.63. The topological polar surface area (TPSA) is 81.5 Å². The molecule has 0 fully saturated rings. The largest absolute Gasteiger partial charge is 0.289 e. The molecule has 2 aliphatic heterocycles. The lowest BCUT2D eigenvalue weighted by Gasteiger charge is -1.99. The molecule has 7 heteroatoms. The van der Waals surface area contributed by atoms with E-state index in [0.717, 1.165) is 16.1 Å². The Bertz CT molecular complexity index is 1050. The minimum Gasteiger partial charge on any atom is -0.289 e. The maximum atomic E-state index is 11.8. The van der Waals surface area contributed by atoms with Crippen LogP contribution in [0.4, 0.5) is 0 Å². The predicted molar refractivity (Wildman–Crippen MR) is 117 cm³/mol. The van der Waals surface area contributed by atoms with Crippen LogP contribution in [0.2, 0.25) is 0 Å². The van der Waals surface area contributed by atoms with Crippen molar-refractivity contribution in [2.24, 2.45) is 0 Å². The first-order valence-corrected chi connectivity index (χ1v) is 9.94. The second kappa shape index (κ2) is 11.2. The lowest BCUT2D eigenvalue weighted by Crippen LogP contribution is -1.99. The van der Waals surface area contributed by atoms with Crippen molar-refractivity contribution in [1.29, 1.82) is 0 Å². The maximum Gasteiger partial charge on any atom is 0.193 e. The zero-order valence-corrected chi connectivity index (χ0v) is 17.1. The number of rotatable bonds is 2. The summed E-state index contributed by atoms with van der Waals surface area (Å²) in [5.74, 6) is 0.0752. The number of fused-ring (bicyclic) bond motifs is 1. The monoisotopic (exact) mass is 413 g/mol. The van der Waals surface area contributed by atoms with Crippen molar-refractivity contribution in [2.75, 3.05) is 0 Å². The summed E-state index contributed by atoms with van der Waals surface area (Å²) >= 11 is 1.19. The van der Waals surface area contributed by atoms with Gasteiger partial charge in [-0.1, -0.05) is 101 Å². The summed E-state index contributed by atoms with van der Waals surface area (Å²) in [6, 6.07) is 28.9. The minimum absolute atomic E-state index is 0.0752. The zero-order valence-electron chi connectivity index (χ0n) is 16.3. The Hall–Kier alpha value is -3.84. The van der Waals surface area contributed by atoms with Gasteiger partial charge in [-0.05, 0) is 12.1 Å². The number of aromatic nitrogens is 5. The third kappa shape index (κ3) is 6.35.